The van der Waals surface area contributed by atoms with E-state index in [0.717, 1.165) is 28.2 Å². The molecule has 0 N–H and O–H groups in total. The Morgan fingerprint density at radius 3 is 1.75 bits per heavy atom. The molecule has 59 heavy (non-hydrogen) atoms. The van der Waals surface area contributed by atoms with E-state index >= 15 is 0 Å². The van der Waals surface area contributed by atoms with E-state index in [1.165, 1.54) is 81.9 Å². The van der Waals surface area contributed by atoms with E-state index in [1.807, 2.05) is 0 Å². The molecule has 3 aromatic heterocycles. The van der Waals surface area contributed by atoms with Crippen molar-refractivity contribution in [2.75, 3.05) is 0 Å². The molecule has 4 heteroatoms. The second kappa shape index (κ2) is 13.2. The van der Waals surface area contributed by atoms with Crippen molar-refractivity contribution in [3.05, 3.63) is 211 Å². The summed E-state index contributed by atoms with van der Waals surface area (Å²) in [6.45, 7) is 2.75. The summed E-state index contributed by atoms with van der Waals surface area (Å²) < 4.78 is 7.41. The zero-order valence-corrected chi connectivity index (χ0v) is 32.5. The van der Waals surface area contributed by atoms with E-state index in [-0.39, 0.29) is 0 Å². The van der Waals surface area contributed by atoms with Crippen molar-refractivity contribution in [1.82, 2.24) is 13.7 Å². The normalized spacial score (nSPS) is 12.3. The van der Waals surface area contributed by atoms with Crippen LogP contribution in [0, 0.1) is 6.92 Å². The van der Waals surface area contributed by atoms with Gasteiger partial charge in [0.1, 0.15) is 0 Å². The first-order valence-electron chi connectivity index (χ1n) is 20.3. The van der Waals surface area contributed by atoms with Gasteiger partial charge in [-0.05, 0) is 89.5 Å². The molecular formula is C55H38N4. The average Bonchev–Trinajstić information content (AvgIpc) is 3.92. The van der Waals surface area contributed by atoms with E-state index < -0.39 is 0 Å². The topological polar surface area (TPSA) is 27.1 Å². The Labute approximate surface area is 341 Å². The Morgan fingerprint density at radius 1 is 0.424 bits per heavy atom. The third kappa shape index (κ3) is 5.13. The fourth-order valence-electron chi connectivity index (χ4n) is 9.61. The standard InChI is InChI=1S/C55H38N4/c1-36-16-5-11-24-44(36)56-45(38-18-3-2-4-19-38)35-57-46-25-12-8-21-41(46)53-49(57)28-15-29-50(53)59-48-27-14-10-23-43(48)55-52(59)33-32-51-54(55)42-22-9-13-26-47(42)58(51)40-31-30-37-17-6-7-20-39(37)34-40/h2-34H,35H2,1H3. The van der Waals surface area contributed by atoms with Crippen LogP contribution in [-0.2, 0) is 6.54 Å². The lowest BCUT2D eigenvalue weighted by Crippen LogP contribution is -2.11. The van der Waals surface area contributed by atoms with Crippen LogP contribution in [0.5, 0.6) is 0 Å². The van der Waals surface area contributed by atoms with Gasteiger partial charge < -0.3 is 13.7 Å². The summed E-state index contributed by atoms with van der Waals surface area (Å²) in [6, 6.07) is 72.6. The largest absolute Gasteiger partial charge is 0.334 e. The summed E-state index contributed by atoms with van der Waals surface area (Å²) >= 11 is 0. The number of para-hydroxylation sites is 4. The quantitative estimate of drug-likeness (QED) is 0.151. The Bertz CT molecular complexity index is 3650. The zero-order valence-electron chi connectivity index (χ0n) is 32.5. The predicted molar refractivity (Wildman–Crippen MR) is 249 cm³/mol. The molecule has 278 valence electrons. The number of fused-ring (bicyclic) bond motifs is 11. The van der Waals surface area contributed by atoms with Crippen LogP contribution in [0.3, 0.4) is 0 Å². The lowest BCUT2D eigenvalue weighted by Gasteiger charge is -2.14. The van der Waals surface area contributed by atoms with E-state index in [1.54, 1.807) is 0 Å². The van der Waals surface area contributed by atoms with Gasteiger partial charge in [-0.15, -0.1) is 0 Å². The Morgan fingerprint density at radius 2 is 1.00 bits per heavy atom. The molecule has 0 aliphatic carbocycles. The first-order valence-corrected chi connectivity index (χ1v) is 20.3. The number of rotatable bonds is 6. The minimum atomic E-state index is 0.619. The number of hydrogen-bond acceptors (Lipinski definition) is 1. The second-order valence-electron chi connectivity index (χ2n) is 15.6. The summed E-state index contributed by atoms with van der Waals surface area (Å²) in [7, 11) is 0. The Kier molecular flexibility index (Phi) is 7.48. The van der Waals surface area contributed by atoms with Gasteiger partial charge in [-0.2, -0.15) is 0 Å². The fraction of sp³-hybridized carbons (Fsp3) is 0.0364. The second-order valence-corrected chi connectivity index (χ2v) is 15.6. The van der Waals surface area contributed by atoms with Crippen molar-refractivity contribution in [2.24, 2.45) is 4.99 Å². The van der Waals surface area contributed by atoms with Gasteiger partial charge in [-0.3, -0.25) is 4.99 Å². The zero-order chi connectivity index (χ0) is 39.0. The lowest BCUT2D eigenvalue weighted by molar-refractivity contribution is 0.933. The molecule has 3 heterocycles. The van der Waals surface area contributed by atoms with Crippen molar-refractivity contribution in [3.8, 4) is 11.4 Å². The van der Waals surface area contributed by atoms with Crippen LogP contribution in [0.2, 0.25) is 0 Å². The van der Waals surface area contributed by atoms with Gasteiger partial charge in [0.05, 0.1) is 51.2 Å². The first-order chi connectivity index (χ1) is 29.2. The van der Waals surface area contributed by atoms with Crippen molar-refractivity contribution in [2.45, 2.75) is 13.5 Å². The summed E-state index contributed by atoms with van der Waals surface area (Å²) in [6.07, 6.45) is 0. The highest BCUT2D eigenvalue weighted by atomic mass is 15.0. The third-order valence-corrected chi connectivity index (χ3v) is 12.3. The molecule has 0 atom stereocenters. The molecular weight excluding hydrogens is 717 g/mol. The van der Waals surface area contributed by atoms with E-state index in [0.29, 0.717) is 6.54 Å². The summed E-state index contributed by atoms with van der Waals surface area (Å²) in [5.74, 6) is 0. The molecule has 0 aliphatic heterocycles. The number of benzene rings is 9. The van der Waals surface area contributed by atoms with Crippen LogP contribution in [0.25, 0.3) is 87.6 Å². The van der Waals surface area contributed by atoms with Gasteiger partial charge in [-0.25, -0.2) is 0 Å². The van der Waals surface area contributed by atoms with Crippen molar-refractivity contribution in [1.29, 1.82) is 0 Å². The average molecular weight is 755 g/mol. The van der Waals surface area contributed by atoms with Crippen molar-refractivity contribution in [3.63, 3.8) is 0 Å². The molecule has 0 aliphatic rings. The molecule has 0 bridgehead atoms. The molecule has 12 rings (SSSR count). The highest BCUT2D eigenvalue weighted by Crippen LogP contribution is 2.44. The van der Waals surface area contributed by atoms with Gasteiger partial charge in [0, 0.05) is 43.5 Å². The van der Waals surface area contributed by atoms with Crippen LogP contribution in [0.15, 0.2) is 205 Å². The molecule has 4 nitrogen and oxygen atoms in total. The molecule has 0 saturated heterocycles. The fourth-order valence-corrected chi connectivity index (χ4v) is 9.61. The summed E-state index contributed by atoms with van der Waals surface area (Å²) in [4.78, 5) is 5.35. The molecule has 12 aromatic rings. The van der Waals surface area contributed by atoms with Gasteiger partial charge >= 0.3 is 0 Å². The van der Waals surface area contributed by atoms with Crippen LogP contribution < -0.4 is 0 Å². The van der Waals surface area contributed by atoms with Crippen LogP contribution >= 0.6 is 0 Å². The molecule has 0 fully saturated rings. The first kappa shape index (κ1) is 33.4. The van der Waals surface area contributed by atoms with Crippen LogP contribution in [0.1, 0.15) is 11.1 Å². The maximum Gasteiger partial charge on any atom is 0.0680 e. The molecule has 0 unspecified atom stereocenters. The van der Waals surface area contributed by atoms with Gasteiger partial charge in [0.2, 0.25) is 0 Å². The minimum absolute atomic E-state index is 0.619. The van der Waals surface area contributed by atoms with Crippen LogP contribution in [0.4, 0.5) is 5.69 Å². The predicted octanol–water partition coefficient (Wildman–Crippen LogP) is 14.3. The van der Waals surface area contributed by atoms with E-state index in [2.05, 4.69) is 221 Å². The summed E-state index contributed by atoms with van der Waals surface area (Å²) in [5.41, 5.74) is 13.8. The highest BCUT2D eigenvalue weighted by molar-refractivity contribution is 6.29. The number of hydrogen-bond donors (Lipinski definition) is 0. The molecule has 0 radical (unpaired) electrons. The monoisotopic (exact) mass is 754 g/mol. The van der Waals surface area contributed by atoms with Crippen LogP contribution in [-0.4, -0.2) is 19.4 Å². The number of aryl methyl sites for hydroxylation is 1. The minimum Gasteiger partial charge on any atom is -0.334 e. The number of nitrogens with zero attached hydrogens (tertiary/aromatic N) is 4. The maximum absolute atomic E-state index is 5.35. The lowest BCUT2D eigenvalue weighted by atomic mass is 10.1. The van der Waals surface area contributed by atoms with Crippen molar-refractivity contribution >= 4 is 87.6 Å². The number of aliphatic imine (C=N–C) groups is 1. The maximum atomic E-state index is 5.35. The van der Waals surface area contributed by atoms with E-state index in [9.17, 15) is 0 Å². The summed E-state index contributed by atoms with van der Waals surface area (Å²) in [5, 5.41) is 9.97. The molecule has 0 spiro atoms. The third-order valence-electron chi connectivity index (χ3n) is 12.3. The Hall–Kier alpha value is -7.69. The van der Waals surface area contributed by atoms with Gasteiger partial charge in [0.25, 0.3) is 0 Å². The van der Waals surface area contributed by atoms with E-state index in [4.69, 9.17) is 4.99 Å². The molecule has 0 amide bonds. The number of aromatic nitrogens is 3. The molecule has 0 saturated carbocycles. The van der Waals surface area contributed by atoms with Crippen molar-refractivity contribution < 1.29 is 0 Å². The highest BCUT2D eigenvalue weighted by Gasteiger charge is 2.23. The SMILES string of the molecule is Cc1ccccc1N=C(Cn1c2ccccc2c2c(-n3c4ccccc4c4c5c6ccccc6n(-c6ccc7ccccc7c6)c5ccc43)cccc21)c1ccccc1. The Balaban J connectivity index is 1.13. The van der Waals surface area contributed by atoms with Gasteiger partial charge in [-0.1, -0.05) is 140 Å². The van der Waals surface area contributed by atoms with Gasteiger partial charge in [0.15, 0.2) is 0 Å². The molecule has 9 aromatic carbocycles. The smallest absolute Gasteiger partial charge is 0.0680 e.